The van der Waals surface area contributed by atoms with Crippen molar-refractivity contribution in [3.05, 3.63) is 82.3 Å². The van der Waals surface area contributed by atoms with E-state index in [2.05, 4.69) is 39.2 Å². The summed E-state index contributed by atoms with van der Waals surface area (Å²) in [6.07, 6.45) is 3.24. The number of pyridine rings is 1. The second-order valence-corrected chi connectivity index (χ2v) is 10.4. The number of rotatable bonds is 5. The van der Waals surface area contributed by atoms with Crippen LogP contribution < -0.4 is 15.1 Å². The number of piperazine rings is 1. The first kappa shape index (κ1) is 25.3. The van der Waals surface area contributed by atoms with Crippen LogP contribution in [0.25, 0.3) is 0 Å². The number of piperidine rings is 1. The van der Waals surface area contributed by atoms with Crippen LogP contribution >= 0.6 is 11.6 Å². The van der Waals surface area contributed by atoms with E-state index in [1.165, 1.54) is 12.3 Å². The molecule has 194 valence electrons. The third-order valence-electron chi connectivity index (χ3n) is 7.45. The van der Waals surface area contributed by atoms with Gasteiger partial charge in [-0.1, -0.05) is 29.8 Å². The predicted molar refractivity (Wildman–Crippen MR) is 149 cm³/mol. The monoisotopic (exact) mass is 521 g/mol. The first-order chi connectivity index (χ1) is 17.9. The number of carbonyl (C=O) groups is 1. The summed E-state index contributed by atoms with van der Waals surface area (Å²) in [5.74, 6) is 0.454. The molecule has 3 heterocycles. The average Bonchev–Trinajstić information content (AvgIpc) is 2.91. The second-order valence-electron chi connectivity index (χ2n) is 9.95. The Morgan fingerprint density at radius 3 is 2.35 bits per heavy atom. The molecular weight excluding hydrogens is 489 g/mol. The Bertz CT molecular complexity index is 1250. The van der Waals surface area contributed by atoms with E-state index in [1.807, 2.05) is 36.1 Å². The van der Waals surface area contributed by atoms with Crippen LogP contribution in [0.2, 0.25) is 5.02 Å². The third-order valence-corrected chi connectivity index (χ3v) is 7.77. The van der Waals surface area contributed by atoms with Crippen LogP contribution in [0.15, 0.2) is 54.7 Å². The zero-order valence-corrected chi connectivity index (χ0v) is 22.1. The third kappa shape index (κ3) is 5.67. The number of aryl methyl sites for hydroxylation is 2. The van der Waals surface area contributed by atoms with Crippen LogP contribution in [0.1, 0.15) is 34.3 Å². The molecule has 6 nitrogen and oxygen atoms in total. The zero-order valence-electron chi connectivity index (χ0n) is 21.4. The number of halogens is 2. The van der Waals surface area contributed by atoms with Crippen molar-refractivity contribution in [1.82, 2.24) is 9.88 Å². The topological polar surface area (TPSA) is 51.7 Å². The fourth-order valence-electron chi connectivity index (χ4n) is 5.30. The first-order valence-corrected chi connectivity index (χ1v) is 13.3. The Kier molecular flexibility index (Phi) is 7.51. The van der Waals surface area contributed by atoms with E-state index in [4.69, 9.17) is 11.6 Å². The highest BCUT2D eigenvalue weighted by atomic mass is 35.5. The van der Waals surface area contributed by atoms with Gasteiger partial charge in [0.05, 0.1) is 16.9 Å². The summed E-state index contributed by atoms with van der Waals surface area (Å²) in [6.45, 7) is 8.52. The fourth-order valence-corrected chi connectivity index (χ4v) is 5.55. The van der Waals surface area contributed by atoms with Crippen LogP contribution in [0.4, 0.5) is 21.6 Å². The van der Waals surface area contributed by atoms with Crippen LogP contribution in [0, 0.1) is 19.7 Å². The summed E-state index contributed by atoms with van der Waals surface area (Å²) in [7, 11) is 0. The largest absolute Gasteiger partial charge is 0.382 e. The van der Waals surface area contributed by atoms with Gasteiger partial charge in [-0.3, -0.25) is 4.79 Å². The number of hydrogen-bond donors (Lipinski definition) is 1. The standard InChI is InChI=1S/C29H33ClFN5O/c1-20-17-21(2)26(33-23-9-11-34(12-10-23)27-6-4-3-5-25(27)30)18-24(20)29(37)36-15-13-35(14-16-36)28-8-7-22(31)19-32-28/h3-8,17-19,23,33H,9-16H2,1-2H3. The maximum Gasteiger partial charge on any atom is 0.254 e. The molecule has 2 aliphatic rings. The molecule has 2 aromatic carbocycles. The average molecular weight is 522 g/mol. The van der Waals surface area contributed by atoms with Gasteiger partial charge in [0, 0.05) is 56.6 Å². The minimum absolute atomic E-state index is 0.0563. The molecule has 0 radical (unpaired) electrons. The van der Waals surface area contributed by atoms with E-state index >= 15 is 0 Å². The van der Waals surface area contributed by atoms with E-state index in [1.54, 1.807) is 6.07 Å². The van der Waals surface area contributed by atoms with Gasteiger partial charge in [-0.05, 0) is 68.1 Å². The molecule has 0 saturated carbocycles. The molecular formula is C29H33ClFN5O. The number of nitrogens with zero attached hydrogens (tertiary/aromatic N) is 4. The first-order valence-electron chi connectivity index (χ1n) is 12.9. The van der Waals surface area contributed by atoms with Crippen molar-refractivity contribution in [2.45, 2.75) is 32.7 Å². The lowest BCUT2D eigenvalue weighted by Crippen LogP contribution is -2.49. The van der Waals surface area contributed by atoms with Crippen molar-refractivity contribution in [3.8, 4) is 0 Å². The van der Waals surface area contributed by atoms with Crippen LogP contribution in [-0.4, -0.2) is 61.1 Å². The fraction of sp³-hybridized carbons (Fsp3) is 0.379. The number of nitrogens with one attached hydrogen (secondary N) is 1. The molecule has 0 bridgehead atoms. The Balaban J connectivity index is 1.21. The normalized spacial score (nSPS) is 16.7. The van der Waals surface area contributed by atoms with Gasteiger partial charge in [0.2, 0.25) is 0 Å². The van der Waals surface area contributed by atoms with Gasteiger partial charge in [0.25, 0.3) is 5.91 Å². The Hall–Kier alpha value is -3.32. The number of hydrogen-bond acceptors (Lipinski definition) is 5. The van der Waals surface area contributed by atoms with Gasteiger partial charge >= 0.3 is 0 Å². The minimum atomic E-state index is -0.344. The number of amides is 1. The summed E-state index contributed by atoms with van der Waals surface area (Å²) < 4.78 is 13.2. The molecule has 1 N–H and O–H groups in total. The van der Waals surface area contributed by atoms with E-state index < -0.39 is 0 Å². The summed E-state index contributed by atoms with van der Waals surface area (Å²) in [4.78, 5) is 24.0. The highest BCUT2D eigenvalue weighted by molar-refractivity contribution is 6.33. The lowest BCUT2D eigenvalue weighted by Gasteiger charge is -2.36. The molecule has 0 aliphatic carbocycles. The molecule has 8 heteroatoms. The van der Waals surface area contributed by atoms with Crippen LogP contribution in [0.3, 0.4) is 0 Å². The lowest BCUT2D eigenvalue weighted by atomic mass is 9.99. The zero-order chi connectivity index (χ0) is 25.9. The Morgan fingerprint density at radius 2 is 1.68 bits per heavy atom. The molecule has 0 unspecified atom stereocenters. The SMILES string of the molecule is Cc1cc(C)c(C(=O)N2CCN(c3ccc(F)cn3)CC2)cc1NC1CCN(c2ccccc2Cl)CC1. The van der Waals surface area contributed by atoms with E-state index in [-0.39, 0.29) is 11.7 Å². The summed E-state index contributed by atoms with van der Waals surface area (Å²) in [5, 5.41) is 4.51. The molecule has 0 atom stereocenters. The summed E-state index contributed by atoms with van der Waals surface area (Å²) >= 11 is 6.40. The van der Waals surface area contributed by atoms with Crippen molar-refractivity contribution >= 4 is 34.7 Å². The number of benzene rings is 2. The van der Waals surface area contributed by atoms with Gasteiger partial charge < -0.3 is 20.0 Å². The molecule has 37 heavy (non-hydrogen) atoms. The maximum atomic E-state index is 13.5. The van der Waals surface area contributed by atoms with Gasteiger partial charge in [0.1, 0.15) is 11.6 Å². The van der Waals surface area contributed by atoms with E-state index in [0.29, 0.717) is 32.2 Å². The molecule has 1 amide bonds. The number of anilines is 3. The molecule has 5 rings (SSSR count). The van der Waals surface area contributed by atoms with Crippen LogP contribution in [0.5, 0.6) is 0 Å². The number of para-hydroxylation sites is 1. The van der Waals surface area contributed by atoms with Crippen molar-refractivity contribution in [2.75, 3.05) is 54.4 Å². The van der Waals surface area contributed by atoms with Gasteiger partial charge in [-0.2, -0.15) is 0 Å². The molecule has 0 spiro atoms. The molecule has 2 aliphatic heterocycles. The lowest BCUT2D eigenvalue weighted by molar-refractivity contribution is 0.0746. The quantitative estimate of drug-likeness (QED) is 0.478. The Morgan fingerprint density at radius 1 is 0.946 bits per heavy atom. The van der Waals surface area contributed by atoms with Gasteiger partial charge in [-0.15, -0.1) is 0 Å². The maximum absolute atomic E-state index is 13.5. The summed E-state index contributed by atoms with van der Waals surface area (Å²) in [6, 6.07) is 15.6. The van der Waals surface area contributed by atoms with Crippen molar-refractivity contribution in [2.24, 2.45) is 0 Å². The van der Waals surface area contributed by atoms with Gasteiger partial charge in [-0.25, -0.2) is 9.37 Å². The molecule has 2 fully saturated rings. The van der Waals surface area contributed by atoms with Crippen molar-refractivity contribution < 1.29 is 9.18 Å². The van der Waals surface area contributed by atoms with Crippen molar-refractivity contribution in [3.63, 3.8) is 0 Å². The van der Waals surface area contributed by atoms with Gasteiger partial charge in [0.15, 0.2) is 0 Å². The van der Waals surface area contributed by atoms with Crippen molar-refractivity contribution in [1.29, 1.82) is 0 Å². The molecule has 3 aromatic rings. The number of aromatic nitrogens is 1. The minimum Gasteiger partial charge on any atom is -0.382 e. The molecule has 1 aromatic heterocycles. The number of carbonyl (C=O) groups excluding carboxylic acids is 1. The van der Waals surface area contributed by atoms with E-state index in [0.717, 1.165) is 64.8 Å². The van der Waals surface area contributed by atoms with E-state index in [9.17, 15) is 9.18 Å². The highest BCUT2D eigenvalue weighted by Crippen LogP contribution is 2.30. The highest BCUT2D eigenvalue weighted by Gasteiger charge is 2.26. The smallest absolute Gasteiger partial charge is 0.254 e. The summed E-state index contributed by atoms with van der Waals surface area (Å²) in [5.41, 5.74) is 5.01. The second kappa shape index (κ2) is 11.0. The van der Waals surface area contributed by atoms with Crippen LogP contribution in [-0.2, 0) is 0 Å². The predicted octanol–water partition coefficient (Wildman–Crippen LogP) is 5.53. The Labute approximate surface area is 223 Å². The molecule has 2 saturated heterocycles.